The van der Waals surface area contributed by atoms with Gasteiger partial charge in [-0.2, -0.15) is 0 Å². The molecule has 0 unspecified atom stereocenters. The summed E-state index contributed by atoms with van der Waals surface area (Å²) in [5.74, 6) is 0.653. The van der Waals surface area contributed by atoms with E-state index >= 15 is 0 Å². The van der Waals surface area contributed by atoms with E-state index in [0.717, 1.165) is 42.6 Å². The molecule has 2 aromatic carbocycles. The van der Waals surface area contributed by atoms with Gasteiger partial charge in [-0.1, -0.05) is 18.2 Å². The van der Waals surface area contributed by atoms with Gasteiger partial charge in [0.2, 0.25) is 0 Å². The minimum absolute atomic E-state index is 0.0358. The van der Waals surface area contributed by atoms with Gasteiger partial charge in [-0.15, -0.1) is 0 Å². The van der Waals surface area contributed by atoms with Crippen molar-refractivity contribution in [2.75, 3.05) is 47.9 Å². The Balaban J connectivity index is 1.75. The molecule has 1 aromatic heterocycles. The number of hydrogen-bond acceptors (Lipinski definition) is 5. The molecule has 0 amide bonds. The maximum absolute atomic E-state index is 13.5. The molecule has 0 radical (unpaired) electrons. The Morgan fingerprint density at radius 2 is 1.53 bits per heavy atom. The van der Waals surface area contributed by atoms with Gasteiger partial charge in [-0.25, -0.2) is 0 Å². The predicted octanol–water partition coefficient (Wildman–Crippen LogP) is 3.50. The van der Waals surface area contributed by atoms with Crippen molar-refractivity contribution in [3.63, 3.8) is 0 Å². The Morgan fingerprint density at radius 3 is 2.25 bits per heavy atom. The average molecular weight is 434 g/mol. The van der Waals surface area contributed by atoms with Crippen molar-refractivity contribution < 1.29 is 9.53 Å². The fourth-order valence-corrected chi connectivity index (χ4v) is 4.38. The molecule has 0 spiro atoms. The Kier molecular flexibility index (Phi) is 6.44. The molecule has 0 saturated heterocycles. The second-order valence-electron chi connectivity index (χ2n) is 8.92. The van der Waals surface area contributed by atoms with Gasteiger partial charge >= 0.3 is 0 Å². The molecule has 3 aromatic rings. The highest BCUT2D eigenvalue weighted by Crippen LogP contribution is 2.40. The molecule has 1 heterocycles. The van der Waals surface area contributed by atoms with Gasteiger partial charge in [-0.05, 0) is 71.8 Å². The molecule has 4 rings (SSSR count). The average Bonchev–Trinajstić information content (AvgIpc) is 3.05. The molecule has 0 saturated carbocycles. The summed E-state index contributed by atoms with van der Waals surface area (Å²) in [6.45, 7) is 2.98. The lowest BCUT2D eigenvalue weighted by molar-refractivity contribution is 0.104. The van der Waals surface area contributed by atoms with Gasteiger partial charge in [0.1, 0.15) is 5.75 Å². The summed E-state index contributed by atoms with van der Waals surface area (Å²) in [6, 6.07) is 13.1. The number of carbonyl (C=O) groups excluding carboxylic acids is 1. The van der Waals surface area contributed by atoms with E-state index < -0.39 is 0 Å². The Bertz CT molecular complexity index is 1210. The van der Waals surface area contributed by atoms with Crippen LogP contribution in [0.25, 0.3) is 22.0 Å². The van der Waals surface area contributed by atoms with Crippen LogP contribution >= 0.6 is 0 Å². The molecule has 0 fully saturated rings. The van der Waals surface area contributed by atoms with Crippen molar-refractivity contribution in [3.8, 4) is 17.0 Å². The Hall–Kier alpha value is -2.96. The lowest BCUT2D eigenvalue weighted by Gasteiger charge is -2.16. The maximum atomic E-state index is 13.5. The first kappa shape index (κ1) is 22.2. The van der Waals surface area contributed by atoms with E-state index in [0.29, 0.717) is 35.4 Å². The van der Waals surface area contributed by atoms with Crippen molar-refractivity contribution in [1.29, 1.82) is 0 Å². The van der Waals surface area contributed by atoms with E-state index in [9.17, 15) is 9.59 Å². The molecular weight excluding hydrogens is 402 g/mol. The number of hydrogen-bond donors (Lipinski definition) is 0. The third-order valence-corrected chi connectivity index (χ3v) is 5.90. The van der Waals surface area contributed by atoms with Crippen LogP contribution in [0.5, 0.6) is 5.75 Å². The highest BCUT2D eigenvalue weighted by molar-refractivity contribution is 6.26. The highest BCUT2D eigenvalue weighted by Gasteiger charge is 2.32. The molecule has 6 heteroatoms. The molecule has 1 aliphatic carbocycles. The van der Waals surface area contributed by atoms with Crippen LogP contribution in [0.3, 0.4) is 0 Å². The van der Waals surface area contributed by atoms with Gasteiger partial charge in [0.05, 0.1) is 17.9 Å². The fraction of sp³-hybridized carbons (Fsp3) is 0.385. The maximum Gasteiger partial charge on any atom is 0.258 e. The van der Waals surface area contributed by atoms with E-state index in [1.54, 1.807) is 4.57 Å². The lowest BCUT2D eigenvalue weighted by Crippen LogP contribution is -2.25. The standard InChI is InChI=1S/C26H31N3O3/c1-27(2)13-7-15-29-24-20-12-11-18(32-16-8-14-28(3)4)17-22(20)25(30)23(24)19-9-5-6-10-21(19)26(29)31/h5-6,9-12,17H,7-8,13-16H2,1-4H3. The van der Waals surface area contributed by atoms with Crippen molar-refractivity contribution >= 4 is 16.6 Å². The van der Waals surface area contributed by atoms with Crippen LogP contribution < -0.4 is 10.3 Å². The van der Waals surface area contributed by atoms with Crippen LogP contribution in [-0.4, -0.2) is 68.0 Å². The summed E-state index contributed by atoms with van der Waals surface area (Å²) in [7, 11) is 8.11. The first-order chi connectivity index (χ1) is 15.4. The molecule has 0 atom stereocenters. The van der Waals surface area contributed by atoms with Crippen LogP contribution in [0.4, 0.5) is 0 Å². The predicted molar refractivity (Wildman–Crippen MR) is 129 cm³/mol. The molecule has 32 heavy (non-hydrogen) atoms. The number of pyridine rings is 1. The molecule has 6 nitrogen and oxygen atoms in total. The summed E-state index contributed by atoms with van der Waals surface area (Å²) in [5, 5.41) is 1.32. The summed E-state index contributed by atoms with van der Waals surface area (Å²) in [5.41, 5.74) is 2.76. The quantitative estimate of drug-likeness (QED) is 0.378. The second kappa shape index (κ2) is 9.27. The minimum Gasteiger partial charge on any atom is -0.494 e. The first-order valence-corrected chi connectivity index (χ1v) is 11.2. The molecule has 168 valence electrons. The molecule has 1 aliphatic rings. The van der Waals surface area contributed by atoms with E-state index in [-0.39, 0.29) is 11.3 Å². The normalized spacial score (nSPS) is 12.6. The lowest BCUT2D eigenvalue weighted by atomic mass is 10.0. The SMILES string of the molecule is CN(C)CCCOc1ccc2c(c1)C(=O)c1c-2n(CCCN(C)C)c(=O)c2ccccc12. The highest BCUT2D eigenvalue weighted by atomic mass is 16.5. The number of ketones is 1. The van der Waals surface area contributed by atoms with E-state index in [4.69, 9.17) is 4.74 Å². The van der Waals surface area contributed by atoms with Crippen LogP contribution in [0, 0.1) is 0 Å². The van der Waals surface area contributed by atoms with Crippen molar-refractivity contribution in [3.05, 3.63) is 63.9 Å². The van der Waals surface area contributed by atoms with Gasteiger partial charge < -0.3 is 19.1 Å². The topological polar surface area (TPSA) is 54.8 Å². The second-order valence-corrected chi connectivity index (χ2v) is 8.92. The largest absolute Gasteiger partial charge is 0.494 e. The van der Waals surface area contributed by atoms with Gasteiger partial charge in [0.15, 0.2) is 5.78 Å². The zero-order valence-electron chi connectivity index (χ0n) is 19.4. The summed E-state index contributed by atoms with van der Waals surface area (Å²) >= 11 is 0. The number of benzene rings is 2. The van der Waals surface area contributed by atoms with E-state index in [1.807, 2.05) is 70.7 Å². The number of ether oxygens (including phenoxy) is 1. The smallest absolute Gasteiger partial charge is 0.258 e. The van der Waals surface area contributed by atoms with Gasteiger partial charge in [-0.3, -0.25) is 9.59 Å². The molecule has 0 N–H and O–H groups in total. The first-order valence-electron chi connectivity index (χ1n) is 11.2. The van der Waals surface area contributed by atoms with Crippen molar-refractivity contribution in [2.24, 2.45) is 0 Å². The van der Waals surface area contributed by atoms with Crippen LogP contribution in [0.15, 0.2) is 47.3 Å². The summed E-state index contributed by atoms with van der Waals surface area (Å²) < 4.78 is 7.70. The van der Waals surface area contributed by atoms with Crippen molar-refractivity contribution in [1.82, 2.24) is 14.4 Å². The monoisotopic (exact) mass is 433 g/mol. The summed E-state index contributed by atoms with van der Waals surface area (Å²) in [6.07, 6.45) is 1.74. The number of aromatic nitrogens is 1. The third-order valence-electron chi connectivity index (χ3n) is 5.90. The minimum atomic E-state index is -0.0391. The van der Waals surface area contributed by atoms with Crippen molar-refractivity contribution in [2.45, 2.75) is 19.4 Å². The fourth-order valence-electron chi connectivity index (χ4n) is 4.38. The van der Waals surface area contributed by atoms with Crippen LogP contribution in [-0.2, 0) is 6.54 Å². The van der Waals surface area contributed by atoms with Gasteiger partial charge in [0.25, 0.3) is 5.56 Å². The Labute approximate surface area is 189 Å². The summed E-state index contributed by atoms with van der Waals surface area (Å²) in [4.78, 5) is 31.1. The number of carbonyl (C=O) groups is 1. The molecular formula is C26H31N3O3. The molecule has 0 bridgehead atoms. The van der Waals surface area contributed by atoms with Crippen LogP contribution in [0.2, 0.25) is 0 Å². The Morgan fingerprint density at radius 1 is 0.844 bits per heavy atom. The number of nitrogens with zero attached hydrogens (tertiary/aromatic N) is 3. The third kappa shape index (κ3) is 4.20. The number of fused-ring (bicyclic) bond motifs is 5. The zero-order chi connectivity index (χ0) is 22.8. The molecule has 0 aliphatic heterocycles. The van der Waals surface area contributed by atoms with Gasteiger partial charge in [0, 0.05) is 35.0 Å². The van der Waals surface area contributed by atoms with E-state index in [1.165, 1.54) is 0 Å². The van der Waals surface area contributed by atoms with E-state index in [2.05, 4.69) is 9.80 Å². The number of rotatable bonds is 9. The zero-order valence-corrected chi connectivity index (χ0v) is 19.4. The van der Waals surface area contributed by atoms with Crippen LogP contribution in [0.1, 0.15) is 28.8 Å².